The summed E-state index contributed by atoms with van der Waals surface area (Å²) in [6.45, 7) is 2.78. The summed E-state index contributed by atoms with van der Waals surface area (Å²) in [6.07, 6.45) is 5.44. The highest BCUT2D eigenvalue weighted by Crippen LogP contribution is 2.49. The zero-order chi connectivity index (χ0) is 17.7. The molecule has 0 spiro atoms. The Hall–Kier alpha value is -2.52. The molecule has 2 saturated heterocycles. The van der Waals surface area contributed by atoms with Crippen LogP contribution in [0.4, 0.5) is 11.5 Å². The predicted octanol–water partition coefficient (Wildman–Crippen LogP) is 3.73. The van der Waals surface area contributed by atoms with Crippen molar-refractivity contribution in [3.63, 3.8) is 0 Å². The Morgan fingerprint density at radius 2 is 2.04 bits per heavy atom. The van der Waals surface area contributed by atoms with Crippen molar-refractivity contribution < 1.29 is 9.15 Å². The van der Waals surface area contributed by atoms with Gasteiger partial charge in [0.25, 0.3) is 0 Å². The van der Waals surface area contributed by atoms with Crippen molar-refractivity contribution in [1.82, 2.24) is 4.98 Å². The number of aromatic nitrogens is 1. The second-order valence-corrected chi connectivity index (χ2v) is 7.41. The van der Waals surface area contributed by atoms with Crippen LogP contribution in [0.1, 0.15) is 61.1 Å². The van der Waals surface area contributed by atoms with Gasteiger partial charge in [0.1, 0.15) is 35.1 Å². The Labute approximate surface area is 152 Å². The summed E-state index contributed by atoms with van der Waals surface area (Å²) in [5.41, 5.74) is 9.46. The largest absolute Gasteiger partial charge is 0.458 e. The van der Waals surface area contributed by atoms with Crippen LogP contribution in [0.2, 0.25) is 0 Å². The maximum atomic E-state index is 9.73. The normalized spacial score (nSPS) is 22.3. The topological polar surface area (TPSA) is 88.3 Å². The van der Waals surface area contributed by atoms with Crippen molar-refractivity contribution in [3.05, 3.63) is 29.2 Å². The third-order valence-corrected chi connectivity index (χ3v) is 5.91. The van der Waals surface area contributed by atoms with E-state index >= 15 is 0 Å². The molecule has 2 N–H and O–H groups in total. The number of nitrogens with zero attached hydrogens (tertiary/aromatic N) is 3. The monoisotopic (exact) mass is 350 g/mol. The third-order valence-electron chi connectivity index (χ3n) is 5.91. The summed E-state index contributed by atoms with van der Waals surface area (Å²) in [4.78, 5) is 6.93. The molecule has 2 bridgehead atoms. The van der Waals surface area contributed by atoms with Crippen LogP contribution >= 0.6 is 0 Å². The second-order valence-electron chi connectivity index (χ2n) is 7.41. The number of nitrogens with two attached hydrogens (primary N) is 1. The second kappa shape index (κ2) is 6.03. The number of furan rings is 1. The summed E-state index contributed by atoms with van der Waals surface area (Å²) in [7, 11) is 0. The van der Waals surface area contributed by atoms with Gasteiger partial charge < -0.3 is 19.8 Å². The molecule has 26 heavy (non-hydrogen) atoms. The number of nitrogen functional groups attached to an aromatic ring is 1. The quantitative estimate of drug-likeness (QED) is 0.888. The van der Waals surface area contributed by atoms with Gasteiger partial charge in [0, 0.05) is 25.6 Å². The third kappa shape index (κ3) is 2.31. The number of hydrogen-bond donors (Lipinski definition) is 1. The molecule has 2 aromatic rings. The first kappa shape index (κ1) is 15.7. The van der Waals surface area contributed by atoms with Crippen molar-refractivity contribution in [2.24, 2.45) is 0 Å². The van der Waals surface area contributed by atoms with Gasteiger partial charge in [-0.15, -0.1) is 0 Å². The van der Waals surface area contributed by atoms with E-state index in [2.05, 4.69) is 16.0 Å². The molecule has 2 fully saturated rings. The lowest BCUT2D eigenvalue weighted by Crippen LogP contribution is -2.40. The summed E-state index contributed by atoms with van der Waals surface area (Å²) in [5.74, 6) is 2.27. The van der Waals surface area contributed by atoms with Crippen LogP contribution in [0.15, 0.2) is 16.5 Å². The fourth-order valence-electron chi connectivity index (χ4n) is 4.57. The molecular formula is C20H22N4O2. The Balaban J connectivity index is 1.65. The maximum absolute atomic E-state index is 9.73. The van der Waals surface area contributed by atoms with Crippen LogP contribution in [-0.4, -0.2) is 24.7 Å². The molecule has 6 heteroatoms. The highest BCUT2D eigenvalue weighted by atomic mass is 16.5. The molecular weight excluding hydrogens is 328 g/mol. The molecule has 4 aliphatic rings. The van der Waals surface area contributed by atoms with E-state index in [0.29, 0.717) is 23.1 Å². The van der Waals surface area contributed by atoms with Crippen molar-refractivity contribution in [1.29, 1.82) is 5.26 Å². The Morgan fingerprint density at radius 1 is 1.19 bits per heavy atom. The van der Waals surface area contributed by atoms with Gasteiger partial charge >= 0.3 is 0 Å². The minimum absolute atomic E-state index is 0.00908. The van der Waals surface area contributed by atoms with Gasteiger partial charge in [0.15, 0.2) is 0 Å². The highest BCUT2D eigenvalue weighted by Gasteiger charge is 2.37. The SMILES string of the molecule is N#Cc1c(N)nc2c(c1-c1ccc([C@H]3CCCCO3)o1)N1CCC2CC1. The lowest BCUT2D eigenvalue weighted by atomic mass is 9.84. The van der Waals surface area contributed by atoms with E-state index < -0.39 is 0 Å². The first-order chi connectivity index (χ1) is 12.8. The lowest BCUT2D eigenvalue weighted by Gasteiger charge is -2.42. The van der Waals surface area contributed by atoms with Crippen LogP contribution in [0.5, 0.6) is 0 Å². The zero-order valence-corrected chi connectivity index (χ0v) is 14.7. The van der Waals surface area contributed by atoms with E-state index in [-0.39, 0.29) is 6.10 Å². The Kier molecular flexibility index (Phi) is 3.64. The average Bonchev–Trinajstić information content (AvgIpc) is 3.18. The van der Waals surface area contributed by atoms with E-state index in [4.69, 9.17) is 14.9 Å². The van der Waals surface area contributed by atoms with Crippen molar-refractivity contribution in [2.75, 3.05) is 30.3 Å². The summed E-state index contributed by atoms with van der Waals surface area (Å²) in [5, 5.41) is 9.73. The number of rotatable bonds is 2. The highest BCUT2D eigenvalue weighted by molar-refractivity contribution is 5.87. The Bertz CT molecular complexity index is 884. The molecule has 0 unspecified atom stereocenters. The molecule has 1 atom stereocenters. The summed E-state index contributed by atoms with van der Waals surface area (Å²) >= 11 is 0. The van der Waals surface area contributed by atoms with Gasteiger partial charge in [-0.2, -0.15) is 5.26 Å². The minimum atomic E-state index is 0.00908. The maximum Gasteiger partial charge on any atom is 0.142 e. The van der Waals surface area contributed by atoms with Crippen LogP contribution < -0.4 is 10.6 Å². The van der Waals surface area contributed by atoms with E-state index in [1.807, 2.05) is 12.1 Å². The van der Waals surface area contributed by atoms with Crippen molar-refractivity contribution in [2.45, 2.75) is 44.1 Å². The zero-order valence-electron chi connectivity index (χ0n) is 14.7. The van der Waals surface area contributed by atoms with Crippen LogP contribution in [0.25, 0.3) is 11.3 Å². The number of nitriles is 1. The van der Waals surface area contributed by atoms with Gasteiger partial charge in [-0.1, -0.05) is 0 Å². The first-order valence-corrected chi connectivity index (χ1v) is 9.46. The average molecular weight is 350 g/mol. The Morgan fingerprint density at radius 3 is 2.77 bits per heavy atom. The van der Waals surface area contributed by atoms with Crippen LogP contribution in [0, 0.1) is 11.3 Å². The summed E-state index contributed by atoms with van der Waals surface area (Å²) in [6, 6.07) is 6.18. The predicted molar refractivity (Wildman–Crippen MR) is 97.8 cm³/mol. The smallest absolute Gasteiger partial charge is 0.142 e. The molecule has 134 valence electrons. The molecule has 0 radical (unpaired) electrons. The van der Waals surface area contributed by atoms with Gasteiger partial charge in [-0.25, -0.2) is 4.98 Å². The van der Waals surface area contributed by atoms with E-state index in [9.17, 15) is 5.26 Å². The number of anilines is 2. The van der Waals surface area contributed by atoms with Crippen LogP contribution in [0.3, 0.4) is 0 Å². The fourth-order valence-corrected chi connectivity index (χ4v) is 4.57. The molecule has 0 aromatic carbocycles. The molecule has 6 rings (SSSR count). The number of hydrogen-bond acceptors (Lipinski definition) is 6. The first-order valence-electron chi connectivity index (χ1n) is 9.46. The molecule has 0 amide bonds. The molecule has 4 aliphatic heterocycles. The van der Waals surface area contributed by atoms with E-state index in [0.717, 1.165) is 74.5 Å². The number of ether oxygens (including phenoxy) is 1. The van der Waals surface area contributed by atoms with Crippen molar-refractivity contribution >= 4 is 11.5 Å². The van der Waals surface area contributed by atoms with Gasteiger partial charge in [-0.05, 0) is 44.2 Å². The van der Waals surface area contributed by atoms with Crippen molar-refractivity contribution in [3.8, 4) is 17.4 Å². The minimum Gasteiger partial charge on any atom is -0.458 e. The van der Waals surface area contributed by atoms with E-state index in [1.54, 1.807) is 0 Å². The van der Waals surface area contributed by atoms with Gasteiger partial charge in [-0.3, -0.25) is 0 Å². The van der Waals surface area contributed by atoms with Gasteiger partial charge in [0.2, 0.25) is 0 Å². The number of fused-ring (bicyclic) bond motifs is 2. The number of piperidine rings is 1. The lowest BCUT2D eigenvalue weighted by molar-refractivity contribution is 0.00222. The molecule has 2 aromatic heterocycles. The van der Waals surface area contributed by atoms with Gasteiger partial charge in [0.05, 0.1) is 16.9 Å². The van der Waals surface area contributed by atoms with Crippen LogP contribution in [-0.2, 0) is 4.74 Å². The standard InChI is InChI=1S/C20H22N4O2/c21-11-13-17(16-5-4-15(26-16)14-3-1-2-10-25-14)19-18(23-20(13)22)12-6-8-24(19)9-7-12/h4-5,12,14H,1-3,6-10H2,(H2,22,23)/t14-/m1/s1. The molecule has 0 saturated carbocycles. The fraction of sp³-hybridized carbons (Fsp3) is 0.500. The number of pyridine rings is 1. The molecule has 6 heterocycles. The molecule has 6 nitrogen and oxygen atoms in total. The molecule has 0 aliphatic carbocycles. The summed E-state index contributed by atoms with van der Waals surface area (Å²) < 4.78 is 12.0. The van der Waals surface area contributed by atoms with E-state index in [1.165, 1.54) is 0 Å².